The van der Waals surface area contributed by atoms with Gasteiger partial charge in [0.1, 0.15) is 0 Å². The molecule has 0 spiro atoms. The first-order valence-electron chi connectivity index (χ1n) is 6.99. The molecular weight excluding hydrogens is 254 g/mol. The van der Waals surface area contributed by atoms with Crippen LogP contribution in [0, 0.1) is 0 Å². The predicted molar refractivity (Wildman–Crippen MR) is 77.4 cm³/mol. The fourth-order valence-corrected chi connectivity index (χ4v) is 2.38. The normalized spacial score (nSPS) is 15.9. The van der Waals surface area contributed by atoms with Crippen LogP contribution in [0.2, 0.25) is 0 Å². The van der Waals surface area contributed by atoms with E-state index in [1.807, 2.05) is 18.0 Å². The van der Waals surface area contributed by atoms with E-state index in [-0.39, 0.29) is 18.4 Å². The third kappa shape index (κ3) is 3.81. The summed E-state index contributed by atoms with van der Waals surface area (Å²) in [7, 11) is 1.95. The van der Waals surface area contributed by atoms with Crippen molar-refractivity contribution in [3.63, 3.8) is 0 Å². The van der Waals surface area contributed by atoms with E-state index in [0.29, 0.717) is 11.6 Å². The van der Waals surface area contributed by atoms with Gasteiger partial charge in [-0.3, -0.25) is 9.59 Å². The van der Waals surface area contributed by atoms with Gasteiger partial charge in [0, 0.05) is 24.7 Å². The lowest BCUT2D eigenvalue weighted by atomic mass is 10.1. The van der Waals surface area contributed by atoms with Crippen molar-refractivity contribution in [1.82, 2.24) is 15.5 Å². The molecule has 1 aliphatic rings. The Morgan fingerprint density at radius 3 is 2.45 bits per heavy atom. The molecule has 108 valence electrons. The molecule has 0 bridgehead atoms. The first-order valence-corrected chi connectivity index (χ1v) is 6.99. The van der Waals surface area contributed by atoms with Gasteiger partial charge in [0.05, 0.1) is 6.54 Å². The van der Waals surface area contributed by atoms with Crippen molar-refractivity contribution in [3.8, 4) is 0 Å². The lowest BCUT2D eigenvalue weighted by Gasteiger charge is -2.31. The number of likely N-dealkylation sites (tertiary alicyclic amines) is 1. The van der Waals surface area contributed by atoms with Gasteiger partial charge in [-0.1, -0.05) is 18.2 Å². The second kappa shape index (κ2) is 7.05. The van der Waals surface area contributed by atoms with E-state index in [2.05, 4.69) is 10.6 Å². The van der Waals surface area contributed by atoms with Gasteiger partial charge in [0.2, 0.25) is 5.91 Å². The van der Waals surface area contributed by atoms with Crippen LogP contribution in [0.4, 0.5) is 0 Å². The smallest absolute Gasteiger partial charge is 0.251 e. The summed E-state index contributed by atoms with van der Waals surface area (Å²) in [5.74, 6) is -0.215. The number of piperidine rings is 1. The predicted octanol–water partition coefficient (Wildman–Crippen LogP) is 0.627. The first kappa shape index (κ1) is 14.5. The van der Waals surface area contributed by atoms with Gasteiger partial charge in [0.15, 0.2) is 0 Å². The Morgan fingerprint density at radius 1 is 1.20 bits per heavy atom. The molecule has 1 heterocycles. The molecule has 0 radical (unpaired) electrons. The molecule has 0 atom stereocenters. The molecule has 20 heavy (non-hydrogen) atoms. The minimum atomic E-state index is -0.205. The highest BCUT2D eigenvalue weighted by Crippen LogP contribution is 2.09. The van der Waals surface area contributed by atoms with Crippen LogP contribution in [-0.2, 0) is 4.79 Å². The molecule has 5 nitrogen and oxygen atoms in total. The molecule has 2 amide bonds. The topological polar surface area (TPSA) is 61.4 Å². The number of nitrogens with one attached hydrogen (secondary N) is 2. The van der Waals surface area contributed by atoms with E-state index >= 15 is 0 Å². The van der Waals surface area contributed by atoms with Crippen LogP contribution >= 0.6 is 0 Å². The zero-order valence-electron chi connectivity index (χ0n) is 11.8. The van der Waals surface area contributed by atoms with Gasteiger partial charge in [-0.2, -0.15) is 0 Å². The molecule has 1 aromatic carbocycles. The summed E-state index contributed by atoms with van der Waals surface area (Å²) in [4.78, 5) is 25.7. The molecular formula is C15H21N3O2. The van der Waals surface area contributed by atoms with Crippen LogP contribution in [0.15, 0.2) is 30.3 Å². The minimum absolute atomic E-state index is 0.0103. The van der Waals surface area contributed by atoms with Crippen molar-refractivity contribution < 1.29 is 9.59 Å². The Morgan fingerprint density at radius 2 is 1.85 bits per heavy atom. The van der Waals surface area contributed by atoms with Crippen molar-refractivity contribution in [1.29, 1.82) is 0 Å². The van der Waals surface area contributed by atoms with Crippen LogP contribution in [0.25, 0.3) is 0 Å². The summed E-state index contributed by atoms with van der Waals surface area (Å²) >= 11 is 0. The SMILES string of the molecule is CNC1CCN(C(=O)CNC(=O)c2ccccc2)CC1. The second-order valence-corrected chi connectivity index (χ2v) is 4.99. The number of hydrogen-bond donors (Lipinski definition) is 2. The average Bonchev–Trinajstić information content (AvgIpc) is 2.53. The number of amides is 2. The lowest BCUT2D eigenvalue weighted by Crippen LogP contribution is -2.47. The Balaban J connectivity index is 1.77. The summed E-state index contributed by atoms with van der Waals surface area (Å²) < 4.78 is 0. The monoisotopic (exact) mass is 275 g/mol. The number of nitrogens with zero attached hydrogens (tertiary/aromatic N) is 1. The molecule has 2 N–H and O–H groups in total. The number of carbonyl (C=O) groups excluding carboxylic acids is 2. The first-order chi connectivity index (χ1) is 9.70. The van der Waals surface area contributed by atoms with E-state index in [1.54, 1.807) is 24.3 Å². The number of benzene rings is 1. The van der Waals surface area contributed by atoms with Crippen LogP contribution in [0.3, 0.4) is 0 Å². The summed E-state index contributed by atoms with van der Waals surface area (Å²) in [6.07, 6.45) is 1.93. The van der Waals surface area contributed by atoms with Crippen molar-refractivity contribution in [2.45, 2.75) is 18.9 Å². The van der Waals surface area contributed by atoms with Crippen LogP contribution in [0.1, 0.15) is 23.2 Å². The van der Waals surface area contributed by atoms with E-state index in [1.165, 1.54) is 0 Å². The molecule has 0 aromatic heterocycles. The van der Waals surface area contributed by atoms with Crippen molar-refractivity contribution in [3.05, 3.63) is 35.9 Å². The fourth-order valence-electron chi connectivity index (χ4n) is 2.38. The van der Waals surface area contributed by atoms with E-state index in [9.17, 15) is 9.59 Å². The van der Waals surface area contributed by atoms with Crippen molar-refractivity contribution in [2.24, 2.45) is 0 Å². The number of carbonyl (C=O) groups is 2. The summed E-state index contributed by atoms with van der Waals surface area (Å²) in [6.45, 7) is 1.58. The molecule has 1 fully saturated rings. The van der Waals surface area contributed by atoms with E-state index in [4.69, 9.17) is 0 Å². The summed E-state index contributed by atoms with van der Waals surface area (Å²) in [5.41, 5.74) is 0.578. The lowest BCUT2D eigenvalue weighted by molar-refractivity contribution is -0.131. The van der Waals surface area contributed by atoms with Gasteiger partial charge in [-0.05, 0) is 32.0 Å². The third-order valence-corrected chi connectivity index (χ3v) is 3.69. The van der Waals surface area contributed by atoms with Gasteiger partial charge in [-0.25, -0.2) is 0 Å². The molecule has 1 saturated heterocycles. The van der Waals surface area contributed by atoms with E-state index in [0.717, 1.165) is 25.9 Å². The highest BCUT2D eigenvalue weighted by Gasteiger charge is 2.21. The molecule has 0 saturated carbocycles. The summed E-state index contributed by atoms with van der Waals surface area (Å²) in [6, 6.07) is 9.43. The maximum Gasteiger partial charge on any atom is 0.251 e. The number of rotatable bonds is 4. The molecule has 1 aromatic rings. The maximum absolute atomic E-state index is 12.0. The maximum atomic E-state index is 12.0. The third-order valence-electron chi connectivity index (χ3n) is 3.69. The largest absolute Gasteiger partial charge is 0.343 e. The molecule has 0 unspecified atom stereocenters. The average molecular weight is 275 g/mol. The van der Waals surface area contributed by atoms with Crippen LogP contribution in [0.5, 0.6) is 0 Å². The van der Waals surface area contributed by atoms with E-state index < -0.39 is 0 Å². The zero-order valence-corrected chi connectivity index (χ0v) is 11.8. The number of hydrogen-bond acceptors (Lipinski definition) is 3. The molecule has 2 rings (SSSR count). The van der Waals surface area contributed by atoms with Gasteiger partial charge < -0.3 is 15.5 Å². The molecule has 5 heteroatoms. The van der Waals surface area contributed by atoms with Crippen molar-refractivity contribution in [2.75, 3.05) is 26.7 Å². The minimum Gasteiger partial charge on any atom is -0.343 e. The summed E-state index contributed by atoms with van der Waals surface area (Å²) in [5, 5.41) is 5.90. The quantitative estimate of drug-likeness (QED) is 0.847. The van der Waals surface area contributed by atoms with Crippen molar-refractivity contribution >= 4 is 11.8 Å². The van der Waals surface area contributed by atoms with Crippen LogP contribution in [-0.4, -0.2) is 49.4 Å². The second-order valence-electron chi connectivity index (χ2n) is 4.99. The Kier molecular flexibility index (Phi) is 5.12. The van der Waals surface area contributed by atoms with Gasteiger partial charge in [-0.15, -0.1) is 0 Å². The zero-order chi connectivity index (χ0) is 14.4. The standard InChI is InChI=1S/C15H21N3O2/c1-16-13-7-9-18(10-8-13)14(19)11-17-15(20)12-5-3-2-4-6-12/h2-6,13,16H,7-11H2,1H3,(H,17,20). The Labute approximate surface area is 119 Å². The Hall–Kier alpha value is -1.88. The fraction of sp³-hybridized carbons (Fsp3) is 0.467. The van der Waals surface area contributed by atoms with Crippen LogP contribution < -0.4 is 10.6 Å². The van der Waals surface area contributed by atoms with Gasteiger partial charge >= 0.3 is 0 Å². The highest BCUT2D eigenvalue weighted by atomic mass is 16.2. The Bertz CT molecular complexity index is 453. The van der Waals surface area contributed by atoms with Gasteiger partial charge in [0.25, 0.3) is 5.91 Å². The molecule has 0 aliphatic carbocycles. The highest BCUT2D eigenvalue weighted by molar-refractivity contribution is 5.96. The molecule has 1 aliphatic heterocycles.